The SMILES string of the molecule is CCC(C)c1ccc(N2CCOC[C@@H]2CN(C)C)cn1. The van der Waals surface area contributed by atoms with Crippen molar-refractivity contribution in [2.75, 3.05) is 45.3 Å². The van der Waals surface area contributed by atoms with Crippen LogP contribution < -0.4 is 4.90 Å². The minimum absolute atomic E-state index is 0.412. The molecule has 0 radical (unpaired) electrons. The third-order valence-electron chi connectivity index (χ3n) is 4.02. The van der Waals surface area contributed by atoms with Gasteiger partial charge in [0.15, 0.2) is 0 Å². The fraction of sp³-hybridized carbons (Fsp3) is 0.688. The molecule has 1 aliphatic rings. The average molecular weight is 277 g/mol. The van der Waals surface area contributed by atoms with E-state index < -0.39 is 0 Å². The monoisotopic (exact) mass is 277 g/mol. The van der Waals surface area contributed by atoms with Crippen molar-refractivity contribution in [1.29, 1.82) is 0 Å². The van der Waals surface area contributed by atoms with Crippen LogP contribution >= 0.6 is 0 Å². The molecule has 0 amide bonds. The Balaban J connectivity index is 2.11. The van der Waals surface area contributed by atoms with E-state index in [4.69, 9.17) is 4.74 Å². The topological polar surface area (TPSA) is 28.6 Å². The second kappa shape index (κ2) is 7.04. The van der Waals surface area contributed by atoms with E-state index >= 15 is 0 Å². The van der Waals surface area contributed by atoms with Crippen molar-refractivity contribution in [2.45, 2.75) is 32.2 Å². The summed E-state index contributed by atoms with van der Waals surface area (Å²) in [7, 11) is 4.22. The van der Waals surface area contributed by atoms with Crippen LogP contribution in [0, 0.1) is 0 Å². The lowest BCUT2D eigenvalue weighted by molar-refractivity contribution is 0.0854. The predicted molar refractivity (Wildman–Crippen MR) is 83.5 cm³/mol. The van der Waals surface area contributed by atoms with Gasteiger partial charge in [0.25, 0.3) is 0 Å². The van der Waals surface area contributed by atoms with Crippen molar-refractivity contribution in [1.82, 2.24) is 9.88 Å². The first-order valence-electron chi connectivity index (χ1n) is 7.57. The molecule has 1 aliphatic heterocycles. The van der Waals surface area contributed by atoms with Crippen LogP contribution in [0.2, 0.25) is 0 Å². The standard InChI is InChI=1S/C16H27N3O/c1-5-13(2)16-7-6-14(10-17-16)19-8-9-20-12-15(19)11-18(3)4/h6-7,10,13,15H,5,8-9,11-12H2,1-4H3/t13?,15-/m0/s1. The normalized spacial score (nSPS) is 21.2. The second-order valence-corrected chi connectivity index (χ2v) is 5.93. The van der Waals surface area contributed by atoms with Crippen LogP contribution in [0.1, 0.15) is 31.9 Å². The molecule has 1 unspecified atom stereocenters. The van der Waals surface area contributed by atoms with Gasteiger partial charge in [-0.25, -0.2) is 0 Å². The van der Waals surface area contributed by atoms with Crippen LogP contribution in [-0.4, -0.2) is 56.3 Å². The largest absolute Gasteiger partial charge is 0.377 e. The van der Waals surface area contributed by atoms with E-state index in [9.17, 15) is 0 Å². The van der Waals surface area contributed by atoms with E-state index in [-0.39, 0.29) is 0 Å². The van der Waals surface area contributed by atoms with Crippen molar-refractivity contribution < 1.29 is 4.74 Å². The van der Waals surface area contributed by atoms with Gasteiger partial charge in [-0.1, -0.05) is 13.8 Å². The van der Waals surface area contributed by atoms with Crippen LogP contribution in [0.4, 0.5) is 5.69 Å². The molecule has 4 nitrogen and oxygen atoms in total. The molecule has 20 heavy (non-hydrogen) atoms. The summed E-state index contributed by atoms with van der Waals surface area (Å²) in [5, 5.41) is 0. The van der Waals surface area contributed by atoms with Crippen LogP contribution in [0.3, 0.4) is 0 Å². The lowest BCUT2D eigenvalue weighted by Gasteiger charge is -2.38. The molecule has 0 bridgehead atoms. The lowest BCUT2D eigenvalue weighted by atomic mass is 10.0. The van der Waals surface area contributed by atoms with E-state index in [0.717, 1.165) is 32.7 Å². The first-order valence-corrected chi connectivity index (χ1v) is 7.57. The quantitative estimate of drug-likeness (QED) is 0.826. The number of hydrogen-bond acceptors (Lipinski definition) is 4. The Morgan fingerprint density at radius 3 is 2.85 bits per heavy atom. The van der Waals surface area contributed by atoms with Gasteiger partial charge in [0.2, 0.25) is 0 Å². The molecule has 112 valence electrons. The van der Waals surface area contributed by atoms with Gasteiger partial charge in [0.05, 0.1) is 31.1 Å². The Kier molecular flexibility index (Phi) is 5.38. The van der Waals surface area contributed by atoms with Crippen LogP contribution in [-0.2, 0) is 4.74 Å². The summed E-state index contributed by atoms with van der Waals surface area (Å²) >= 11 is 0. The van der Waals surface area contributed by atoms with E-state index in [1.165, 1.54) is 11.4 Å². The number of aromatic nitrogens is 1. The summed E-state index contributed by atoms with van der Waals surface area (Å²) in [6.07, 6.45) is 3.16. The summed E-state index contributed by atoms with van der Waals surface area (Å²) in [6, 6.07) is 4.80. The Morgan fingerprint density at radius 1 is 1.45 bits per heavy atom. The highest BCUT2D eigenvalue weighted by Crippen LogP contribution is 2.22. The molecule has 0 aliphatic carbocycles. The van der Waals surface area contributed by atoms with Crippen LogP contribution in [0.5, 0.6) is 0 Å². The zero-order valence-electron chi connectivity index (χ0n) is 13.2. The van der Waals surface area contributed by atoms with Gasteiger partial charge >= 0.3 is 0 Å². The number of morpholine rings is 1. The molecule has 1 aromatic rings. The number of rotatable bonds is 5. The number of anilines is 1. The molecule has 0 saturated carbocycles. The van der Waals surface area contributed by atoms with E-state index in [1.54, 1.807) is 0 Å². The van der Waals surface area contributed by atoms with Gasteiger partial charge in [0.1, 0.15) is 0 Å². The number of pyridine rings is 1. The maximum atomic E-state index is 5.63. The molecule has 4 heteroatoms. The summed E-state index contributed by atoms with van der Waals surface area (Å²) < 4.78 is 5.63. The van der Waals surface area contributed by atoms with Crippen molar-refractivity contribution in [3.63, 3.8) is 0 Å². The molecule has 0 N–H and O–H groups in total. The predicted octanol–water partition coefficient (Wildman–Crippen LogP) is 2.36. The molecule has 2 atom stereocenters. The molecule has 1 saturated heterocycles. The van der Waals surface area contributed by atoms with Gasteiger partial charge in [-0.3, -0.25) is 4.98 Å². The number of hydrogen-bond donors (Lipinski definition) is 0. The summed E-state index contributed by atoms with van der Waals surface area (Å²) in [5.74, 6) is 0.534. The fourth-order valence-corrected chi connectivity index (χ4v) is 2.64. The molecule has 1 aromatic heterocycles. The van der Waals surface area contributed by atoms with Gasteiger partial charge < -0.3 is 14.5 Å². The van der Waals surface area contributed by atoms with Crippen molar-refractivity contribution in [3.8, 4) is 0 Å². The summed E-state index contributed by atoms with van der Waals surface area (Å²) in [6.45, 7) is 7.99. The maximum Gasteiger partial charge on any atom is 0.0683 e. The Bertz CT molecular complexity index is 405. The highest BCUT2D eigenvalue weighted by Gasteiger charge is 2.24. The minimum Gasteiger partial charge on any atom is -0.377 e. The van der Waals surface area contributed by atoms with Crippen LogP contribution in [0.15, 0.2) is 18.3 Å². The molecule has 1 fully saturated rings. The Hall–Kier alpha value is -1.13. The molecule has 2 heterocycles. The molecule has 0 spiro atoms. The van der Waals surface area contributed by atoms with Crippen LogP contribution in [0.25, 0.3) is 0 Å². The smallest absolute Gasteiger partial charge is 0.0683 e. The lowest BCUT2D eigenvalue weighted by Crippen LogP contribution is -2.50. The highest BCUT2D eigenvalue weighted by atomic mass is 16.5. The third-order valence-corrected chi connectivity index (χ3v) is 4.02. The first kappa shape index (κ1) is 15.3. The van der Waals surface area contributed by atoms with Gasteiger partial charge in [0, 0.05) is 18.8 Å². The minimum atomic E-state index is 0.412. The third kappa shape index (κ3) is 3.70. The maximum absolute atomic E-state index is 5.63. The zero-order valence-corrected chi connectivity index (χ0v) is 13.2. The van der Waals surface area contributed by atoms with Crippen molar-refractivity contribution >= 4 is 5.69 Å². The highest BCUT2D eigenvalue weighted by molar-refractivity contribution is 5.46. The summed E-state index contributed by atoms with van der Waals surface area (Å²) in [4.78, 5) is 9.29. The fourth-order valence-electron chi connectivity index (χ4n) is 2.64. The molecule has 0 aromatic carbocycles. The average Bonchev–Trinajstić information content (AvgIpc) is 2.46. The zero-order chi connectivity index (χ0) is 14.5. The van der Waals surface area contributed by atoms with E-state index in [2.05, 4.69) is 54.9 Å². The molecule has 2 rings (SSSR count). The van der Waals surface area contributed by atoms with Gasteiger partial charge in [-0.15, -0.1) is 0 Å². The van der Waals surface area contributed by atoms with Gasteiger partial charge in [-0.2, -0.15) is 0 Å². The van der Waals surface area contributed by atoms with E-state index in [0.29, 0.717) is 12.0 Å². The molecular formula is C16H27N3O. The van der Waals surface area contributed by atoms with Crippen molar-refractivity contribution in [3.05, 3.63) is 24.0 Å². The number of likely N-dealkylation sites (N-methyl/N-ethyl adjacent to an activating group) is 1. The number of nitrogens with zero attached hydrogens (tertiary/aromatic N) is 3. The first-order chi connectivity index (χ1) is 9.61. The van der Waals surface area contributed by atoms with E-state index in [1.807, 2.05) is 6.20 Å². The Labute approximate surface area is 122 Å². The number of ether oxygens (including phenoxy) is 1. The van der Waals surface area contributed by atoms with Crippen molar-refractivity contribution in [2.24, 2.45) is 0 Å². The summed E-state index contributed by atoms with van der Waals surface area (Å²) in [5.41, 5.74) is 2.40. The second-order valence-electron chi connectivity index (χ2n) is 5.93. The van der Waals surface area contributed by atoms with Gasteiger partial charge in [-0.05, 0) is 38.6 Å². The Morgan fingerprint density at radius 2 is 2.25 bits per heavy atom. The molecular weight excluding hydrogens is 250 g/mol.